The van der Waals surface area contributed by atoms with Crippen LogP contribution < -0.4 is 5.32 Å². The number of rotatable bonds is 3. The van der Waals surface area contributed by atoms with Gasteiger partial charge in [0.05, 0.1) is 0 Å². The maximum atomic E-state index is 12.5. The van der Waals surface area contributed by atoms with E-state index in [1.54, 1.807) is 6.07 Å². The van der Waals surface area contributed by atoms with Gasteiger partial charge in [0.15, 0.2) is 0 Å². The lowest BCUT2D eigenvalue weighted by Crippen LogP contribution is -2.27. The summed E-state index contributed by atoms with van der Waals surface area (Å²) in [6.07, 6.45) is -0.471. The van der Waals surface area contributed by atoms with Gasteiger partial charge in [-0.05, 0) is 18.4 Å². The normalized spacial score (nSPS) is 20.2. The van der Waals surface area contributed by atoms with Gasteiger partial charge in [-0.25, -0.2) is 8.78 Å². The van der Waals surface area contributed by atoms with Crippen molar-refractivity contribution in [3.63, 3.8) is 0 Å². The summed E-state index contributed by atoms with van der Waals surface area (Å²) in [6, 6.07) is 6.47. The number of alkyl halides is 2. The molecule has 86 valence electrons. The van der Waals surface area contributed by atoms with Crippen LogP contribution in [0.5, 0.6) is 0 Å². The molecular weight excluding hydrogens is 212 g/mol. The molecule has 1 fully saturated rings. The smallest absolute Gasteiger partial charge is 0.263 e. The maximum absolute atomic E-state index is 12.5. The predicted molar refractivity (Wildman–Crippen MR) is 56.3 cm³/mol. The number of nitrogens with one attached hydrogen (secondary N) is 1. The Hall–Kier alpha value is -1.45. The second kappa shape index (κ2) is 4.60. The van der Waals surface area contributed by atoms with E-state index in [1.807, 2.05) is 6.07 Å². The van der Waals surface area contributed by atoms with Gasteiger partial charge in [-0.2, -0.15) is 0 Å². The Labute approximate surface area is 92.7 Å². The lowest BCUT2D eigenvalue weighted by molar-refractivity contribution is -0.119. The molecule has 1 amide bonds. The van der Waals surface area contributed by atoms with Gasteiger partial charge in [0.1, 0.15) is 0 Å². The van der Waals surface area contributed by atoms with E-state index in [-0.39, 0.29) is 17.5 Å². The first kappa shape index (κ1) is 11.0. The zero-order chi connectivity index (χ0) is 11.5. The minimum Gasteiger partial charge on any atom is -0.353 e. The van der Waals surface area contributed by atoms with Gasteiger partial charge in [-0.3, -0.25) is 4.79 Å². The molecule has 2 nitrogen and oxygen atoms in total. The molecule has 0 radical (unpaired) electrons. The van der Waals surface area contributed by atoms with Crippen molar-refractivity contribution in [2.24, 2.45) is 0 Å². The fourth-order valence-corrected chi connectivity index (χ4v) is 1.97. The molecular formula is C12H13F2NO. The van der Waals surface area contributed by atoms with Crippen molar-refractivity contribution in [3.8, 4) is 0 Å². The monoisotopic (exact) mass is 225 g/mol. The Bertz CT molecular complexity index is 392. The first-order valence-electron chi connectivity index (χ1n) is 5.31. The van der Waals surface area contributed by atoms with E-state index in [4.69, 9.17) is 0 Å². The van der Waals surface area contributed by atoms with Gasteiger partial charge in [0, 0.05) is 18.0 Å². The molecule has 16 heavy (non-hydrogen) atoms. The molecule has 1 saturated heterocycles. The summed E-state index contributed by atoms with van der Waals surface area (Å²) in [7, 11) is 0. The third kappa shape index (κ3) is 2.56. The van der Waals surface area contributed by atoms with Crippen LogP contribution in [-0.4, -0.2) is 11.9 Å². The lowest BCUT2D eigenvalue weighted by Gasteiger charge is -2.10. The Morgan fingerprint density at radius 2 is 2.25 bits per heavy atom. The van der Waals surface area contributed by atoms with E-state index in [1.165, 1.54) is 12.1 Å². The van der Waals surface area contributed by atoms with Crippen LogP contribution in [0.3, 0.4) is 0 Å². The van der Waals surface area contributed by atoms with Gasteiger partial charge in [0.2, 0.25) is 5.91 Å². The topological polar surface area (TPSA) is 29.1 Å². The van der Waals surface area contributed by atoms with Crippen molar-refractivity contribution < 1.29 is 13.6 Å². The zero-order valence-electron chi connectivity index (χ0n) is 8.75. The van der Waals surface area contributed by atoms with E-state index >= 15 is 0 Å². The molecule has 0 aromatic heterocycles. The van der Waals surface area contributed by atoms with Crippen LogP contribution in [-0.2, 0) is 11.2 Å². The molecule has 1 heterocycles. The number of carbonyl (C=O) groups is 1. The summed E-state index contributed by atoms with van der Waals surface area (Å²) in [4.78, 5) is 11.0. The first-order valence-corrected chi connectivity index (χ1v) is 5.31. The Morgan fingerprint density at radius 1 is 1.44 bits per heavy atom. The first-order chi connectivity index (χ1) is 7.65. The second-order valence-corrected chi connectivity index (χ2v) is 4.05. The van der Waals surface area contributed by atoms with Crippen LogP contribution in [0, 0.1) is 0 Å². The van der Waals surface area contributed by atoms with Crippen molar-refractivity contribution >= 4 is 5.91 Å². The molecule has 0 spiro atoms. The van der Waals surface area contributed by atoms with Gasteiger partial charge >= 0.3 is 0 Å². The highest BCUT2D eigenvalue weighted by molar-refractivity contribution is 5.78. The lowest BCUT2D eigenvalue weighted by atomic mass is 10.0. The molecule has 0 saturated carbocycles. The van der Waals surface area contributed by atoms with Gasteiger partial charge in [-0.15, -0.1) is 0 Å². The Morgan fingerprint density at radius 3 is 2.88 bits per heavy atom. The maximum Gasteiger partial charge on any atom is 0.263 e. The Balaban J connectivity index is 2.04. The average molecular weight is 225 g/mol. The molecule has 1 aliphatic heterocycles. The summed E-state index contributed by atoms with van der Waals surface area (Å²) in [5.74, 6) is 0.0509. The number of benzene rings is 1. The van der Waals surface area contributed by atoms with Crippen LogP contribution in [0.15, 0.2) is 24.3 Å². The van der Waals surface area contributed by atoms with Crippen molar-refractivity contribution in [1.82, 2.24) is 5.32 Å². The zero-order valence-corrected chi connectivity index (χ0v) is 8.75. The van der Waals surface area contributed by atoms with Crippen LogP contribution in [0.4, 0.5) is 8.78 Å². The molecule has 1 aromatic carbocycles. The van der Waals surface area contributed by atoms with Crippen LogP contribution >= 0.6 is 0 Å². The van der Waals surface area contributed by atoms with Crippen LogP contribution in [0.1, 0.15) is 30.4 Å². The van der Waals surface area contributed by atoms with Crippen LogP contribution in [0.25, 0.3) is 0 Å². The standard InChI is InChI=1S/C12H13F2NO/c13-12(14)9-3-1-2-8(6-9)7-10-4-5-11(16)15-10/h1-3,6,10,12H,4-5,7H2,(H,15,16). The van der Waals surface area contributed by atoms with Crippen molar-refractivity contribution in [3.05, 3.63) is 35.4 Å². The van der Waals surface area contributed by atoms with Crippen molar-refractivity contribution in [1.29, 1.82) is 0 Å². The fraction of sp³-hybridized carbons (Fsp3) is 0.417. The number of hydrogen-bond acceptors (Lipinski definition) is 1. The molecule has 4 heteroatoms. The number of hydrogen-bond donors (Lipinski definition) is 1. The molecule has 1 aromatic rings. The second-order valence-electron chi connectivity index (χ2n) is 4.05. The SMILES string of the molecule is O=C1CCC(Cc2cccc(C(F)F)c2)N1. The number of amides is 1. The third-order valence-corrected chi connectivity index (χ3v) is 2.77. The van der Waals surface area contributed by atoms with E-state index in [2.05, 4.69) is 5.32 Å². The molecule has 1 atom stereocenters. The summed E-state index contributed by atoms with van der Waals surface area (Å²) < 4.78 is 24.9. The van der Waals surface area contributed by atoms with E-state index in [9.17, 15) is 13.6 Å². The molecule has 0 aliphatic carbocycles. The molecule has 1 N–H and O–H groups in total. The number of halogens is 2. The molecule has 1 unspecified atom stereocenters. The highest BCUT2D eigenvalue weighted by atomic mass is 19.3. The van der Waals surface area contributed by atoms with E-state index < -0.39 is 6.43 Å². The van der Waals surface area contributed by atoms with E-state index in [0.717, 1.165) is 12.0 Å². The minimum atomic E-state index is -2.43. The largest absolute Gasteiger partial charge is 0.353 e. The molecule has 2 rings (SSSR count). The minimum absolute atomic E-state index is 0.0434. The van der Waals surface area contributed by atoms with Crippen LogP contribution in [0.2, 0.25) is 0 Å². The summed E-state index contributed by atoms with van der Waals surface area (Å²) in [5, 5.41) is 2.82. The third-order valence-electron chi connectivity index (χ3n) is 2.77. The van der Waals surface area contributed by atoms with Gasteiger partial charge in [-0.1, -0.05) is 24.3 Å². The van der Waals surface area contributed by atoms with Crippen molar-refractivity contribution in [2.75, 3.05) is 0 Å². The van der Waals surface area contributed by atoms with E-state index in [0.29, 0.717) is 12.8 Å². The summed E-state index contributed by atoms with van der Waals surface area (Å²) >= 11 is 0. The molecule has 0 bridgehead atoms. The highest BCUT2D eigenvalue weighted by Gasteiger charge is 2.21. The quantitative estimate of drug-likeness (QED) is 0.841. The van der Waals surface area contributed by atoms with Gasteiger partial charge < -0.3 is 5.32 Å². The summed E-state index contributed by atoms with van der Waals surface area (Å²) in [5.41, 5.74) is 0.895. The molecule has 1 aliphatic rings. The Kier molecular flexibility index (Phi) is 3.17. The van der Waals surface area contributed by atoms with Crippen molar-refractivity contribution in [2.45, 2.75) is 31.7 Å². The summed E-state index contributed by atoms with van der Waals surface area (Å²) in [6.45, 7) is 0. The average Bonchev–Trinajstić information content (AvgIpc) is 2.64. The number of carbonyl (C=O) groups excluding carboxylic acids is 1. The highest BCUT2D eigenvalue weighted by Crippen LogP contribution is 2.21. The predicted octanol–water partition coefficient (Wildman–Crippen LogP) is 2.45. The fourth-order valence-electron chi connectivity index (χ4n) is 1.97. The van der Waals surface area contributed by atoms with Gasteiger partial charge in [0.25, 0.3) is 6.43 Å².